The Kier molecular flexibility index (Phi) is 7.06. The SMILES string of the molecule is CC=C(C(=O)O)c1ccccc1COc1cccc(OCCc2ccccc2)c1. The van der Waals surface area contributed by atoms with Crippen molar-refractivity contribution in [2.45, 2.75) is 20.0 Å². The van der Waals surface area contributed by atoms with Gasteiger partial charge in [-0.25, -0.2) is 4.79 Å². The van der Waals surface area contributed by atoms with Crippen molar-refractivity contribution < 1.29 is 19.4 Å². The third-order valence-corrected chi connectivity index (χ3v) is 4.53. The van der Waals surface area contributed by atoms with E-state index in [0.717, 1.165) is 17.7 Å². The molecule has 0 saturated carbocycles. The summed E-state index contributed by atoms with van der Waals surface area (Å²) in [5.41, 5.74) is 2.98. The topological polar surface area (TPSA) is 55.8 Å². The summed E-state index contributed by atoms with van der Waals surface area (Å²) in [5.74, 6) is 0.467. The van der Waals surface area contributed by atoms with Gasteiger partial charge in [0, 0.05) is 12.5 Å². The average molecular weight is 388 g/mol. The van der Waals surface area contributed by atoms with Gasteiger partial charge < -0.3 is 14.6 Å². The normalized spacial score (nSPS) is 11.1. The van der Waals surface area contributed by atoms with E-state index in [2.05, 4.69) is 12.1 Å². The minimum absolute atomic E-state index is 0.266. The Morgan fingerprint density at radius 2 is 1.59 bits per heavy atom. The predicted octanol–water partition coefficient (Wildman–Crippen LogP) is 5.38. The maximum Gasteiger partial charge on any atom is 0.335 e. The lowest BCUT2D eigenvalue weighted by atomic mass is 10.00. The fourth-order valence-corrected chi connectivity index (χ4v) is 3.05. The van der Waals surface area contributed by atoms with Crippen molar-refractivity contribution in [3.05, 3.63) is 102 Å². The molecule has 0 unspecified atom stereocenters. The lowest BCUT2D eigenvalue weighted by Gasteiger charge is -2.13. The van der Waals surface area contributed by atoms with Crippen LogP contribution in [-0.2, 0) is 17.8 Å². The van der Waals surface area contributed by atoms with E-state index in [-0.39, 0.29) is 12.2 Å². The molecule has 1 N–H and O–H groups in total. The molecule has 3 rings (SSSR count). The zero-order valence-corrected chi connectivity index (χ0v) is 16.4. The molecule has 0 saturated heterocycles. The van der Waals surface area contributed by atoms with Crippen LogP contribution in [0.5, 0.6) is 11.5 Å². The second kappa shape index (κ2) is 10.1. The Morgan fingerprint density at radius 1 is 0.897 bits per heavy atom. The molecule has 0 bridgehead atoms. The number of ether oxygens (including phenoxy) is 2. The van der Waals surface area contributed by atoms with Crippen LogP contribution in [0.4, 0.5) is 0 Å². The number of carboxylic acids is 1. The lowest BCUT2D eigenvalue weighted by Crippen LogP contribution is -2.05. The first-order valence-corrected chi connectivity index (χ1v) is 9.55. The van der Waals surface area contributed by atoms with Crippen LogP contribution in [0.2, 0.25) is 0 Å². The van der Waals surface area contributed by atoms with E-state index < -0.39 is 5.97 Å². The van der Waals surface area contributed by atoms with Crippen LogP contribution >= 0.6 is 0 Å². The first-order valence-electron chi connectivity index (χ1n) is 9.55. The smallest absolute Gasteiger partial charge is 0.335 e. The van der Waals surface area contributed by atoms with Gasteiger partial charge in [0.1, 0.15) is 18.1 Å². The van der Waals surface area contributed by atoms with E-state index in [1.165, 1.54) is 5.56 Å². The van der Waals surface area contributed by atoms with Crippen LogP contribution in [-0.4, -0.2) is 17.7 Å². The summed E-state index contributed by atoms with van der Waals surface area (Å²) in [6, 6.07) is 25.1. The fourth-order valence-electron chi connectivity index (χ4n) is 3.05. The Morgan fingerprint density at radius 3 is 2.31 bits per heavy atom. The van der Waals surface area contributed by atoms with Crippen molar-refractivity contribution in [2.75, 3.05) is 6.61 Å². The highest BCUT2D eigenvalue weighted by atomic mass is 16.5. The summed E-state index contributed by atoms with van der Waals surface area (Å²) < 4.78 is 11.8. The van der Waals surface area contributed by atoms with E-state index >= 15 is 0 Å². The van der Waals surface area contributed by atoms with Crippen molar-refractivity contribution in [2.24, 2.45) is 0 Å². The van der Waals surface area contributed by atoms with E-state index in [9.17, 15) is 9.90 Å². The number of aliphatic carboxylic acids is 1. The Hall–Kier alpha value is -3.53. The van der Waals surface area contributed by atoms with Gasteiger partial charge in [-0.3, -0.25) is 0 Å². The molecule has 0 radical (unpaired) electrons. The quantitative estimate of drug-likeness (QED) is 0.500. The van der Waals surface area contributed by atoms with Crippen LogP contribution in [0.3, 0.4) is 0 Å². The van der Waals surface area contributed by atoms with Gasteiger partial charge in [0.2, 0.25) is 0 Å². The maximum absolute atomic E-state index is 11.5. The molecule has 0 heterocycles. The molecule has 148 valence electrons. The standard InChI is InChI=1S/C25H24O4/c1-2-23(25(26)27)24-14-7-6-11-20(24)18-29-22-13-8-12-21(17-22)28-16-15-19-9-4-3-5-10-19/h2-14,17H,15-16,18H2,1H3,(H,26,27). The van der Waals surface area contributed by atoms with Gasteiger partial charge in [0.05, 0.1) is 12.2 Å². The van der Waals surface area contributed by atoms with E-state index in [1.807, 2.05) is 60.7 Å². The highest BCUT2D eigenvalue weighted by Gasteiger charge is 2.13. The summed E-state index contributed by atoms with van der Waals surface area (Å²) >= 11 is 0. The molecule has 0 atom stereocenters. The zero-order valence-electron chi connectivity index (χ0n) is 16.4. The number of carbonyl (C=O) groups is 1. The van der Waals surface area contributed by atoms with Gasteiger partial charge in [-0.15, -0.1) is 0 Å². The molecule has 0 aliphatic rings. The van der Waals surface area contributed by atoms with Gasteiger partial charge in [0.25, 0.3) is 0 Å². The second-order valence-electron chi connectivity index (χ2n) is 6.51. The first-order chi connectivity index (χ1) is 14.2. The summed E-state index contributed by atoms with van der Waals surface area (Å²) in [4.78, 5) is 11.5. The van der Waals surface area contributed by atoms with Crippen molar-refractivity contribution in [1.29, 1.82) is 0 Å². The molecular weight excluding hydrogens is 364 g/mol. The molecule has 0 aliphatic heterocycles. The molecule has 0 fully saturated rings. The molecule has 3 aromatic rings. The Bertz CT molecular complexity index is 977. The first kappa shape index (κ1) is 20.2. The van der Waals surface area contributed by atoms with Gasteiger partial charge in [-0.2, -0.15) is 0 Å². The third kappa shape index (κ3) is 5.72. The highest BCUT2D eigenvalue weighted by Crippen LogP contribution is 2.24. The van der Waals surface area contributed by atoms with Gasteiger partial charge in [-0.05, 0) is 35.7 Å². The number of carboxylic acid groups (broad SMARTS) is 1. The van der Waals surface area contributed by atoms with E-state index in [4.69, 9.17) is 9.47 Å². The number of hydrogen-bond donors (Lipinski definition) is 1. The fraction of sp³-hybridized carbons (Fsp3) is 0.160. The maximum atomic E-state index is 11.5. The minimum atomic E-state index is -0.950. The molecular formula is C25H24O4. The molecule has 4 nitrogen and oxygen atoms in total. The van der Waals surface area contributed by atoms with Crippen molar-refractivity contribution in [3.63, 3.8) is 0 Å². The number of allylic oxidation sites excluding steroid dienone is 1. The van der Waals surface area contributed by atoms with Gasteiger partial charge in [0.15, 0.2) is 0 Å². The van der Waals surface area contributed by atoms with Crippen LogP contribution in [0, 0.1) is 0 Å². The molecule has 3 aromatic carbocycles. The van der Waals surface area contributed by atoms with E-state index in [0.29, 0.717) is 17.9 Å². The molecule has 0 spiro atoms. The lowest BCUT2D eigenvalue weighted by molar-refractivity contribution is -0.130. The Labute approximate surface area is 171 Å². The molecule has 29 heavy (non-hydrogen) atoms. The van der Waals surface area contributed by atoms with Crippen molar-refractivity contribution >= 4 is 11.5 Å². The zero-order chi connectivity index (χ0) is 20.5. The molecule has 0 aliphatic carbocycles. The summed E-state index contributed by atoms with van der Waals surface area (Å²) in [6.45, 7) is 2.57. The highest BCUT2D eigenvalue weighted by molar-refractivity contribution is 6.15. The monoisotopic (exact) mass is 388 g/mol. The van der Waals surface area contributed by atoms with Crippen LogP contribution < -0.4 is 9.47 Å². The van der Waals surface area contributed by atoms with Crippen molar-refractivity contribution in [3.8, 4) is 11.5 Å². The van der Waals surface area contributed by atoms with Crippen LogP contribution in [0.15, 0.2) is 84.9 Å². The predicted molar refractivity (Wildman–Crippen MR) is 114 cm³/mol. The third-order valence-electron chi connectivity index (χ3n) is 4.53. The van der Waals surface area contributed by atoms with Crippen LogP contribution in [0.25, 0.3) is 5.57 Å². The Balaban J connectivity index is 1.62. The summed E-state index contributed by atoms with van der Waals surface area (Å²) in [7, 11) is 0. The summed E-state index contributed by atoms with van der Waals surface area (Å²) in [5, 5.41) is 9.41. The van der Waals surface area contributed by atoms with E-state index in [1.54, 1.807) is 19.1 Å². The summed E-state index contributed by atoms with van der Waals surface area (Å²) in [6.07, 6.45) is 2.43. The average Bonchev–Trinajstić information content (AvgIpc) is 2.74. The largest absolute Gasteiger partial charge is 0.493 e. The molecule has 0 amide bonds. The number of hydrogen-bond acceptors (Lipinski definition) is 3. The molecule has 0 aromatic heterocycles. The minimum Gasteiger partial charge on any atom is -0.493 e. The van der Waals surface area contributed by atoms with Gasteiger partial charge in [-0.1, -0.05) is 66.7 Å². The van der Waals surface area contributed by atoms with Crippen LogP contribution in [0.1, 0.15) is 23.6 Å². The molecule has 4 heteroatoms. The van der Waals surface area contributed by atoms with Crippen molar-refractivity contribution in [1.82, 2.24) is 0 Å². The van der Waals surface area contributed by atoms with Gasteiger partial charge >= 0.3 is 5.97 Å². The number of benzene rings is 3. The second-order valence-corrected chi connectivity index (χ2v) is 6.51. The number of rotatable bonds is 9.